The molecule has 0 aliphatic rings. The zero-order chi connectivity index (χ0) is 10.1. The first kappa shape index (κ1) is 9.45. The largest absolute Gasteiger partial charge is 0.507 e. The van der Waals surface area contributed by atoms with Crippen LogP contribution >= 0.6 is 22.6 Å². The zero-order valence-corrected chi connectivity index (χ0v) is 9.36. The molecule has 0 aliphatic carbocycles. The third kappa shape index (κ3) is 1.48. The monoisotopic (exact) mass is 298 g/mol. The van der Waals surface area contributed by atoms with Gasteiger partial charge in [-0.25, -0.2) is 0 Å². The lowest BCUT2D eigenvalue weighted by Gasteiger charge is -2.04. The van der Waals surface area contributed by atoms with Crippen LogP contribution in [0.15, 0.2) is 36.4 Å². The molecule has 0 radical (unpaired) electrons. The van der Waals surface area contributed by atoms with E-state index < -0.39 is 0 Å². The minimum Gasteiger partial charge on any atom is -0.507 e. The van der Waals surface area contributed by atoms with Crippen LogP contribution in [0.3, 0.4) is 0 Å². The molecule has 2 aromatic carbocycles. The predicted molar refractivity (Wildman–Crippen MR) is 64.0 cm³/mol. The molecule has 0 spiro atoms. The average molecular weight is 298 g/mol. The summed E-state index contributed by atoms with van der Waals surface area (Å²) in [5.74, 6) is 0.0445. The summed E-state index contributed by atoms with van der Waals surface area (Å²) in [6.07, 6.45) is 0. The normalized spacial score (nSPS) is 10.4. The Hall–Kier alpha value is -1.10. The van der Waals surface area contributed by atoms with Gasteiger partial charge in [-0.05, 0) is 16.8 Å². The Bertz CT molecular complexity index is 506. The first-order valence-electron chi connectivity index (χ1n) is 4.10. The molecule has 0 fully saturated rings. The molecule has 0 bridgehead atoms. The molecule has 2 aromatic rings. The SMILES string of the molecule is O=C(I)c1c(O)ccc2ccccc12. The van der Waals surface area contributed by atoms with E-state index in [1.807, 2.05) is 24.3 Å². The molecule has 0 unspecified atom stereocenters. The van der Waals surface area contributed by atoms with Crippen LogP contribution in [0, 0.1) is 0 Å². The van der Waals surface area contributed by atoms with Gasteiger partial charge >= 0.3 is 0 Å². The standard InChI is InChI=1S/C11H7IO2/c12-11(14)10-8-4-2-1-3-7(8)5-6-9(10)13/h1-6,13H. The summed E-state index contributed by atoms with van der Waals surface area (Å²) in [6.45, 7) is 0. The Morgan fingerprint density at radius 2 is 1.86 bits per heavy atom. The van der Waals surface area contributed by atoms with E-state index in [1.54, 1.807) is 34.7 Å². The summed E-state index contributed by atoms with van der Waals surface area (Å²) < 4.78 is -0.142. The lowest BCUT2D eigenvalue weighted by Crippen LogP contribution is -1.90. The summed E-state index contributed by atoms with van der Waals surface area (Å²) >= 11 is 1.68. The molecule has 0 atom stereocenters. The first-order chi connectivity index (χ1) is 6.70. The number of rotatable bonds is 1. The Labute approximate surface area is 94.7 Å². The molecular weight excluding hydrogens is 291 g/mol. The van der Waals surface area contributed by atoms with E-state index in [2.05, 4.69) is 0 Å². The van der Waals surface area contributed by atoms with Gasteiger partial charge in [0, 0.05) is 22.6 Å². The van der Waals surface area contributed by atoms with Gasteiger partial charge < -0.3 is 5.11 Å². The van der Waals surface area contributed by atoms with Crippen LogP contribution in [0.2, 0.25) is 0 Å². The van der Waals surface area contributed by atoms with Crippen molar-refractivity contribution in [3.05, 3.63) is 42.0 Å². The molecule has 0 saturated heterocycles. The van der Waals surface area contributed by atoms with Crippen molar-refractivity contribution in [3.63, 3.8) is 0 Å². The van der Waals surface area contributed by atoms with Crippen molar-refractivity contribution in [2.75, 3.05) is 0 Å². The van der Waals surface area contributed by atoms with Gasteiger partial charge in [-0.15, -0.1) is 0 Å². The van der Waals surface area contributed by atoms with E-state index in [0.29, 0.717) is 5.56 Å². The number of fused-ring (bicyclic) bond motifs is 1. The van der Waals surface area contributed by atoms with Crippen LogP contribution in [0.4, 0.5) is 0 Å². The molecule has 0 aromatic heterocycles. The first-order valence-corrected chi connectivity index (χ1v) is 5.18. The second kappa shape index (κ2) is 3.57. The van der Waals surface area contributed by atoms with Crippen LogP contribution in [0.1, 0.15) is 10.4 Å². The topological polar surface area (TPSA) is 37.3 Å². The maximum Gasteiger partial charge on any atom is 0.226 e. The van der Waals surface area contributed by atoms with Crippen LogP contribution in [-0.2, 0) is 0 Å². The van der Waals surface area contributed by atoms with E-state index in [4.69, 9.17) is 0 Å². The van der Waals surface area contributed by atoms with E-state index >= 15 is 0 Å². The van der Waals surface area contributed by atoms with Gasteiger partial charge in [-0.1, -0.05) is 30.3 Å². The van der Waals surface area contributed by atoms with Gasteiger partial charge in [0.1, 0.15) is 5.75 Å². The number of carbonyl (C=O) groups excluding carboxylic acids is 1. The quantitative estimate of drug-likeness (QED) is 0.649. The van der Waals surface area contributed by atoms with Crippen LogP contribution in [0.5, 0.6) is 5.75 Å². The van der Waals surface area contributed by atoms with Crippen LogP contribution < -0.4 is 0 Å². The van der Waals surface area contributed by atoms with Crippen molar-refractivity contribution in [2.45, 2.75) is 0 Å². The number of carbonyl (C=O) groups is 1. The molecule has 1 N–H and O–H groups in total. The smallest absolute Gasteiger partial charge is 0.226 e. The van der Waals surface area contributed by atoms with Gasteiger partial charge in [0.25, 0.3) is 0 Å². The number of benzene rings is 2. The third-order valence-electron chi connectivity index (χ3n) is 2.10. The van der Waals surface area contributed by atoms with Crippen LogP contribution in [-0.4, -0.2) is 8.90 Å². The molecular formula is C11H7IO2. The molecule has 14 heavy (non-hydrogen) atoms. The summed E-state index contributed by atoms with van der Waals surface area (Å²) in [4.78, 5) is 11.3. The maximum absolute atomic E-state index is 11.3. The number of phenolic OH excluding ortho intramolecular Hbond substituents is 1. The summed E-state index contributed by atoms with van der Waals surface area (Å²) in [6, 6.07) is 10.9. The van der Waals surface area contributed by atoms with E-state index in [1.165, 1.54) is 0 Å². The fraction of sp³-hybridized carbons (Fsp3) is 0. The molecule has 0 heterocycles. The number of halogens is 1. The van der Waals surface area contributed by atoms with Crippen molar-refractivity contribution < 1.29 is 9.90 Å². The number of aromatic hydroxyl groups is 1. The number of hydrogen-bond acceptors (Lipinski definition) is 2. The fourth-order valence-electron chi connectivity index (χ4n) is 1.47. The maximum atomic E-state index is 11.3. The molecule has 2 nitrogen and oxygen atoms in total. The Balaban J connectivity index is 2.90. The summed E-state index contributed by atoms with van der Waals surface area (Å²) in [7, 11) is 0. The molecule has 70 valence electrons. The van der Waals surface area contributed by atoms with Gasteiger partial charge in [0.05, 0.1) is 5.56 Å². The Morgan fingerprint density at radius 1 is 1.14 bits per heavy atom. The average Bonchev–Trinajstić information content (AvgIpc) is 2.17. The third-order valence-corrected chi connectivity index (χ3v) is 2.64. The van der Waals surface area contributed by atoms with Crippen molar-refractivity contribution in [1.82, 2.24) is 0 Å². The highest BCUT2D eigenvalue weighted by atomic mass is 127. The Kier molecular flexibility index (Phi) is 2.41. The van der Waals surface area contributed by atoms with Crippen molar-refractivity contribution in [1.29, 1.82) is 0 Å². The van der Waals surface area contributed by atoms with Gasteiger partial charge in [-0.3, -0.25) is 4.79 Å². The van der Waals surface area contributed by atoms with E-state index in [0.717, 1.165) is 10.8 Å². The van der Waals surface area contributed by atoms with Crippen LogP contribution in [0.25, 0.3) is 10.8 Å². The highest BCUT2D eigenvalue weighted by Crippen LogP contribution is 2.28. The highest BCUT2D eigenvalue weighted by molar-refractivity contribution is 14.1. The fourth-order valence-corrected chi connectivity index (χ4v) is 2.03. The highest BCUT2D eigenvalue weighted by Gasteiger charge is 2.11. The molecule has 0 aliphatic heterocycles. The van der Waals surface area contributed by atoms with E-state index in [-0.39, 0.29) is 9.54 Å². The predicted octanol–water partition coefficient (Wildman–Crippen LogP) is 3.12. The van der Waals surface area contributed by atoms with Crippen molar-refractivity contribution >= 4 is 37.2 Å². The van der Waals surface area contributed by atoms with Crippen molar-refractivity contribution in [3.8, 4) is 5.75 Å². The Morgan fingerprint density at radius 3 is 2.57 bits per heavy atom. The lowest BCUT2D eigenvalue weighted by atomic mass is 10.0. The van der Waals surface area contributed by atoms with Gasteiger partial charge in [-0.2, -0.15) is 0 Å². The summed E-state index contributed by atoms with van der Waals surface area (Å²) in [5.41, 5.74) is 0.392. The number of phenols is 1. The number of hydrogen-bond donors (Lipinski definition) is 1. The zero-order valence-electron chi connectivity index (χ0n) is 7.20. The van der Waals surface area contributed by atoms with Gasteiger partial charge in [0.2, 0.25) is 3.79 Å². The van der Waals surface area contributed by atoms with Crippen molar-refractivity contribution in [2.24, 2.45) is 0 Å². The minimum atomic E-state index is -0.142. The minimum absolute atomic E-state index is 0.0445. The van der Waals surface area contributed by atoms with Gasteiger partial charge in [0.15, 0.2) is 0 Å². The summed E-state index contributed by atoms with van der Waals surface area (Å²) in [5, 5.41) is 11.3. The molecule has 0 amide bonds. The molecule has 2 rings (SSSR count). The lowest BCUT2D eigenvalue weighted by molar-refractivity contribution is 0.110. The molecule has 0 saturated carbocycles. The second-order valence-electron chi connectivity index (χ2n) is 2.95. The van der Waals surface area contributed by atoms with E-state index in [9.17, 15) is 9.90 Å². The second-order valence-corrected chi connectivity index (χ2v) is 3.93. The molecule has 3 heteroatoms.